The van der Waals surface area contributed by atoms with Crippen LogP contribution in [0, 0.1) is 0 Å². The van der Waals surface area contributed by atoms with Crippen molar-refractivity contribution < 1.29 is 9.53 Å². The Morgan fingerprint density at radius 3 is 2.67 bits per heavy atom. The normalized spacial score (nSPS) is 9.92. The number of aromatic nitrogens is 2. The van der Waals surface area contributed by atoms with E-state index in [4.69, 9.17) is 5.73 Å². The third-order valence-corrected chi connectivity index (χ3v) is 2.02. The van der Waals surface area contributed by atoms with Gasteiger partial charge in [-0.2, -0.15) is 0 Å². The standard InChI is InChI=1S/C6H8BrN3O2/c1-10-3(5(11)12-2)4(7)9-6(10)8/h1-2H3,(H2,8,9). The maximum atomic E-state index is 11.1. The summed E-state index contributed by atoms with van der Waals surface area (Å²) in [6.07, 6.45) is 0. The van der Waals surface area contributed by atoms with Crippen molar-refractivity contribution in [3.05, 3.63) is 10.3 Å². The maximum absolute atomic E-state index is 11.1. The van der Waals surface area contributed by atoms with Crippen LogP contribution in [-0.4, -0.2) is 22.6 Å². The van der Waals surface area contributed by atoms with E-state index in [1.54, 1.807) is 7.05 Å². The van der Waals surface area contributed by atoms with Crippen LogP contribution in [0.4, 0.5) is 5.95 Å². The molecule has 0 saturated carbocycles. The number of nitrogens with zero attached hydrogens (tertiary/aromatic N) is 2. The number of nitrogen functional groups attached to an aromatic ring is 1. The molecule has 1 aromatic rings. The molecule has 0 aliphatic heterocycles. The monoisotopic (exact) mass is 233 g/mol. The molecule has 0 aliphatic carbocycles. The summed E-state index contributed by atoms with van der Waals surface area (Å²) < 4.78 is 6.38. The molecule has 1 heterocycles. The van der Waals surface area contributed by atoms with Crippen LogP contribution in [0.2, 0.25) is 0 Å². The highest BCUT2D eigenvalue weighted by Crippen LogP contribution is 2.18. The molecule has 0 fully saturated rings. The average molecular weight is 234 g/mol. The van der Waals surface area contributed by atoms with E-state index in [2.05, 4.69) is 25.7 Å². The van der Waals surface area contributed by atoms with Gasteiger partial charge in [-0.1, -0.05) is 0 Å². The topological polar surface area (TPSA) is 70.1 Å². The van der Waals surface area contributed by atoms with Gasteiger partial charge in [-0.3, -0.25) is 0 Å². The van der Waals surface area contributed by atoms with Gasteiger partial charge in [-0.05, 0) is 15.9 Å². The predicted octanol–water partition coefficient (Wildman–Crippen LogP) is 0.551. The fourth-order valence-electron chi connectivity index (χ4n) is 0.799. The second kappa shape index (κ2) is 3.14. The number of rotatable bonds is 1. The lowest BCUT2D eigenvalue weighted by Gasteiger charge is -2.00. The number of hydrogen-bond donors (Lipinski definition) is 1. The molecule has 0 amide bonds. The quantitative estimate of drug-likeness (QED) is 0.720. The Kier molecular flexibility index (Phi) is 2.37. The van der Waals surface area contributed by atoms with Crippen molar-refractivity contribution in [3.8, 4) is 0 Å². The molecule has 0 spiro atoms. The lowest BCUT2D eigenvalue weighted by atomic mass is 10.5. The van der Waals surface area contributed by atoms with Gasteiger partial charge in [0.2, 0.25) is 5.95 Å². The van der Waals surface area contributed by atoms with E-state index in [0.29, 0.717) is 10.3 Å². The number of carbonyl (C=O) groups is 1. The molecule has 12 heavy (non-hydrogen) atoms. The molecule has 0 unspecified atom stereocenters. The summed E-state index contributed by atoms with van der Waals surface area (Å²) in [5, 5.41) is 0. The number of nitrogens with two attached hydrogens (primary N) is 1. The van der Waals surface area contributed by atoms with Gasteiger partial charge in [-0.25, -0.2) is 9.78 Å². The van der Waals surface area contributed by atoms with Gasteiger partial charge in [0.25, 0.3) is 0 Å². The number of anilines is 1. The summed E-state index contributed by atoms with van der Waals surface area (Å²) in [5.41, 5.74) is 5.76. The largest absolute Gasteiger partial charge is 0.464 e. The summed E-state index contributed by atoms with van der Waals surface area (Å²) in [6.45, 7) is 0. The van der Waals surface area contributed by atoms with Gasteiger partial charge < -0.3 is 15.0 Å². The molecule has 0 radical (unpaired) electrons. The first-order valence-corrected chi connectivity index (χ1v) is 3.93. The van der Waals surface area contributed by atoms with Crippen LogP contribution >= 0.6 is 15.9 Å². The van der Waals surface area contributed by atoms with Crippen LogP contribution < -0.4 is 5.73 Å². The number of esters is 1. The zero-order chi connectivity index (χ0) is 9.30. The molecule has 0 atom stereocenters. The van der Waals surface area contributed by atoms with Crippen LogP contribution in [0.3, 0.4) is 0 Å². The lowest BCUT2D eigenvalue weighted by Crippen LogP contribution is -2.09. The summed E-state index contributed by atoms with van der Waals surface area (Å²) >= 11 is 3.10. The Balaban J connectivity index is 3.22. The number of imidazole rings is 1. The predicted molar refractivity (Wildman–Crippen MR) is 46.7 cm³/mol. The van der Waals surface area contributed by atoms with E-state index in [9.17, 15) is 4.79 Å². The molecule has 5 nitrogen and oxygen atoms in total. The average Bonchev–Trinajstić information content (AvgIpc) is 2.26. The van der Waals surface area contributed by atoms with Crippen LogP contribution in [-0.2, 0) is 11.8 Å². The van der Waals surface area contributed by atoms with Crippen LogP contribution in [0.15, 0.2) is 4.60 Å². The Labute approximate surface area is 77.6 Å². The minimum absolute atomic E-state index is 0.266. The Morgan fingerprint density at radius 1 is 1.75 bits per heavy atom. The van der Waals surface area contributed by atoms with Crippen molar-refractivity contribution in [2.45, 2.75) is 0 Å². The fourth-order valence-corrected chi connectivity index (χ4v) is 1.41. The van der Waals surface area contributed by atoms with Crippen molar-refractivity contribution in [2.24, 2.45) is 7.05 Å². The third kappa shape index (κ3) is 1.29. The van der Waals surface area contributed by atoms with Crippen molar-refractivity contribution in [1.29, 1.82) is 0 Å². The number of ether oxygens (including phenoxy) is 1. The molecule has 0 bridgehead atoms. The summed E-state index contributed by atoms with van der Waals surface area (Å²) in [6, 6.07) is 0. The number of hydrogen-bond acceptors (Lipinski definition) is 4. The minimum Gasteiger partial charge on any atom is -0.464 e. The highest BCUT2D eigenvalue weighted by atomic mass is 79.9. The van der Waals surface area contributed by atoms with Gasteiger partial charge >= 0.3 is 5.97 Å². The Bertz CT molecular complexity index is 321. The smallest absolute Gasteiger partial charge is 0.357 e. The number of halogens is 1. The molecule has 1 rings (SSSR count). The number of carbonyl (C=O) groups excluding carboxylic acids is 1. The summed E-state index contributed by atoms with van der Waals surface area (Å²) in [4.78, 5) is 14.9. The van der Waals surface area contributed by atoms with Crippen LogP contribution in [0.1, 0.15) is 10.5 Å². The van der Waals surface area contributed by atoms with E-state index in [-0.39, 0.29) is 5.95 Å². The molecular weight excluding hydrogens is 226 g/mol. The van der Waals surface area contributed by atoms with Gasteiger partial charge in [0, 0.05) is 7.05 Å². The first-order valence-electron chi connectivity index (χ1n) is 3.14. The zero-order valence-electron chi connectivity index (χ0n) is 6.67. The fraction of sp³-hybridized carbons (Fsp3) is 0.333. The Morgan fingerprint density at radius 2 is 2.33 bits per heavy atom. The van der Waals surface area contributed by atoms with Gasteiger partial charge in [0.1, 0.15) is 4.60 Å². The van der Waals surface area contributed by atoms with Crippen molar-refractivity contribution in [3.63, 3.8) is 0 Å². The minimum atomic E-state index is -0.464. The van der Waals surface area contributed by atoms with E-state index in [1.807, 2.05) is 0 Å². The second-order valence-electron chi connectivity index (χ2n) is 2.16. The maximum Gasteiger partial charge on any atom is 0.357 e. The summed E-state index contributed by atoms with van der Waals surface area (Å²) in [5.74, 6) is -0.198. The molecular formula is C6H8BrN3O2. The molecule has 0 saturated heterocycles. The third-order valence-electron chi connectivity index (χ3n) is 1.47. The van der Waals surface area contributed by atoms with E-state index >= 15 is 0 Å². The molecule has 0 aliphatic rings. The van der Waals surface area contributed by atoms with Crippen molar-refractivity contribution in [1.82, 2.24) is 9.55 Å². The molecule has 0 aromatic carbocycles. The van der Waals surface area contributed by atoms with Crippen LogP contribution in [0.5, 0.6) is 0 Å². The Hall–Kier alpha value is -1.04. The van der Waals surface area contributed by atoms with E-state index < -0.39 is 5.97 Å². The van der Waals surface area contributed by atoms with Crippen molar-refractivity contribution in [2.75, 3.05) is 12.8 Å². The highest BCUT2D eigenvalue weighted by molar-refractivity contribution is 9.10. The first-order chi connectivity index (χ1) is 5.57. The van der Waals surface area contributed by atoms with E-state index in [0.717, 1.165) is 0 Å². The molecule has 66 valence electrons. The molecule has 1 aromatic heterocycles. The van der Waals surface area contributed by atoms with Crippen molar-refractivity contribution >= 4 is 27.8 Å². The second-order valence-corrected chi connectivity index (χ2v) is 2.91. The SMILES string of the molecule is COC(=O)c1c(Br)nc(N)n1C. The van der Waals surface area contributed by atoms with Gasteiger partial charge in [-0.15, -0.1) is 0 Å². The first kappa shape index (κ1) is 9.05. The van der Waals surface area contributed by atoms with Gasteiger partial charge in [0.05, 0.1) is 7.11 Å². The van der Waals surface area contributed by atoms with E-state index in [1.165, 1.54) is 11.7 Å². The molecule has 6 heteroatoms. The zero-order valence-corrected chi connectivity index (χ0v) is 8.25. The lowest BCUT2D eigenvalue weighted by molar-refractivity contribution is 0.0589. The highest BCUT2D eigenvalue weighted by Gasteiger charge is 2.18. The summed E-state index contributed by atoms with van der Waals surface area (Å²) in [7, 11) is 2.94. The van der Waals surface area contributed by atoms with Gasteiger partial charge in [0.15, 0.2) is 5.69 Å². The van der Waals surface area contributed by atoms with Crippen LogP contribution in [0.25, 0.3) is 0 Å². The number of methoxy groups -OCH3 is 1. The molecule has 2 N–H and O–H groups in total.